The Morgan fingerprint density at radius 3 is 2.31 bits per heavy atom. The minimum Gasteiger partial charge on any atom is -0.657 e. The third kappa shape index (κ3) is 2.48. The standard InChI is InChI=1S/C13H10N.2Y/c1-9-6-7-13-11(8-9)10-4-2-3-5-12(10)14-13;;/h2-8H,1H3;;/q-1;;. The molecule has 1 heterocycles. The number of hydrogen-bond donors (Lipinski definition) is 0. The first-order valence-corrected chi connectivity index (χ1v) is 4.76. The summed E-state index contributed by atoms with van der Waals surface area (Å²) in [6.07, 6.45) is 0. The van der Waals surface area contributed by atoms with E-state index >= 15 is 0 Å². The Hall–Kier alpha value is 0.448. The summed E-state index contributed by atoms with van der Waals surface area (Å²) >= 11 is 0. The summed E-state index contributed by atoms with van der Waals surface area (Å²) in [4.78, 5) is 4.56. The van der Waals surface area contributed by atoms with Crippen LogP contribution in [0.25, 0.3) is 21.8 Å². The van der Waals surface area contributed by atoms with E-state index < -0.39 is 0 Å². The molecule has 0 saturated carbocycles. The predicted molar refractivity (Wildman–Crippen MR) is 59.5 cm³/mol. The van der Waals surface area contributed by atoms with Crippen molar-refractivity contribution in [2.45, 2.75) is 6.92 Å². The fourth-order valence-electron chi connectivity index (χ4n) is 1.89. The van der Waals surface area contributed by atoms with Gasteiger partial charge in [0.25, 0.3) is 0 Å². The maximum Gasteiger partial charge on any atom is 0 e. The van der Waals surface area contributed by atoms with Crippen LogP contribution in [-0.2, 0) is 65.4 Å². The van der Waals surface area contributed by atoms with Crippen LogP contribution in [0.3, 0.4) is 0 Å². The van der Waals surface area contributed by atoms with Gasteiger partial charge in [-0.25, -0.2) is 0 Å². The molecule has 2 aromatic carbocycles. The van der Waals surface area contributed by atoms with Gasteiger partial charge < -0.3 is 4.98 Å². The monoisotopic (exact) mass is 358 g/mol. The number of fused-ring (bicyclic) bond motifs is 3. The van der Waals surface area contributed by atoms with Gasteiger partial charge in [0.15, 0.2) is 0 Å². The average molecular weight is 358 g/mol. The SMILES string of the molecule is Cc1ccc2[n-]c3ccccc3c2c1.[Y].[Y]. The van der Waals surface area contributed by atoms with Gasteiger partial charge in [-0.2, -0.15) is 0 Å². The quantitative estimate of drug-likeness (QED) is 0.602. The molecule has 3 aromatic rings. The second kappa shape index (κ2) is 5.86. The topological polar surface area (TPSA) is 14.1 Å². The zero-order chi connectivity index (χ0) is 9.54. The van der Waals surface area contributed by atoms with Crippen molar-refractivity contribution in [1.82, 2.24) is 4.98 Å². The summed E-state index contributed by atoms with van der Waals surface area (Å²) in [5.41, 5.74) is 3.47. The minimum absolute atomic E-state index is 0. The van der Waals surface area contributed by atoms with Crippen molar-refractivity contribution < 1.29 is 65.4 Å². The van der Waals surface area contributed by atoms with E-state index in [1.807, 2.05) is 6.07 Å². The summed E-state index contributed by atoms with van der Waals surface area (Å²) in [7, 11) is 0. The molecule has 16 heavy (non-hydrogen) atoms. The number of benzene rings is 2. The first-order chi connectivity index (χ1) is 6.84. The van der Waals surface area contributed by atoms with Crippen molar-refractivity contribution in [3.8, 4) is 0 Å². The molecule has 0 N–H and O–H groups in total. The van der Waals surface area contributed by atoms with E-state index in [1.165, 1.54) is 16.3 Å². The number of rotatable bonds is 0. The van der Waals surface area contributed by atoms with Gasteiger partial charge in [0, 0.05) is 65.4 Å². The fraction of sp³-hybridized carbons (Fsp3) is 0.0769. The molecular weight excluding hydrogens is 348 g/mol. The number of aromatic nitrogens is 1. The molecule has 0 aliphatic carbocycles. The van der Waals surface area contributed by atoms with Gasteiger partial charge >= 0.3 is 0 Å². The molecule has 0 bridgehead atoms. The minimum atomic E-state index is 0. The van der Waals surface area contributed by atoms with E-state index in [0.717, 1.165) is 11.0 Å². The van der Waals surface area contributed by atoms with Crippen molar-refractivity contribution in [3.63, 3.8) is 0 Å². The Bertz CT molecular complexity index is 613. The Morgan fingerprint density at radius 2 is 1.50 bits per heavy atom. The van der Waals surface area contributed by atoms with E-state index in [-0.39, 0.29) is 65.4 Å². The number of nitrogens with zero attached hydrogens (tertiary/aromatic N) is 1. The van der Waals surface area contributed by atoms with Gasteiger partial charge in [0.2, 0.25) is 0 Å². The van der Waals surface area contributed by atoms with Gasteiger partial charge in [0.1, 0.15) is 0 Å². The van der Waals surface area contributed by atoms with Gasteiger partial charge in [-0.3, -0.25) is 0 Å². The van der Waals surface area contributed by atoms with E-state index in [2.05, 4.69) is 48.3 Å². The van der Waals surface area contributed by atoms with Crippen LogP contribution >= 0.6 is 0 Å². The number of hydrogen-bond acceptors (Lipinski definition) is 0. The molecule has 0 saturated heterocycles. The molecule has 2 radical (unpaired) electrons. The number of para-hydroxylation sites is 1. The average Bonchev–Trinajstić information content (AvgIpc) is 2.56. The Morgan fingerprint density at radius 1 is 0.812 bits per heavy atom. The second-order valence-corrected chi connectivity index (χ2v) is 3.65. The molecule has 0 spiro atoms. The van der Waals surface area contributed by atoms with Gasteiger partial charge in [-0.05, 0) is 17.7 Å². The third-order valence-corrected chi connectivity index (χ3v) is 2.59. The van der Waals surface area contributed by atoms with Crippen molar-refractivity contribution >= 4 is 21.8 Å². The van der Waals surface area contributed by atoms with E-state index in [4.69, 9.17) is 0 Å². The van der Waals surface area contributed by atoms with Crippen LogP contribution in [0.5, 0.6) is 0 Å². The molecule has 1 nitrogen and oxygen atoms in total. The smallest absolute Gasteiger partial charge is 0 e. The molecule has 0 aliphatic rings. The molecule has 74 valence electrons. The van der Waals surface area contributed by atoms with Crippen LogP contribution in [0.1, 0.15) is 5.56 Å². The van der Waals surface area contributed by atoms with Crippen LogP contribution in [0.15, 0.2) is 42.5 Å². The van der Waals surface area contributed by atoms with Crippen LogP contribution in [0, 0.1) is 6.92 Å². The molecule has 3 heteroatoms. The Labute approximate surface area is 145 Å². The van der Waals surface area contributed by atoms with E-state index in [9.17, 15) is 0 Å². The van der Waals surface area contributed by atoms with Crippen LogP contribution in [0.4, 0.5) is 0 Å². The maximum atomic E-state index is 4.56. The first-order valence-electron chi connectivity index (χ1n) is 4.76. The summed E-state index contributed by atoms with van der Waals surface area (Å²) < 4.78 is 0. The molecule has 0 aliphatic heterocycles. The van der Waals surface area contributed by atoms with Crippen LogP contribution in [0.2, 0.25) is 0 Å². The summed E-state index contributed by atoms with van der Waals surface area (Å²) in [6, 6.07) is 14.7. The first kappa shape index (κ1) is 14.5. The maximum absolute atomic E-state index is 4.56. The van der Waals surface area contributed by atoms with E-state index in [0.29, 0.717) is 0 Å². The Kier molecular flexibility index (Phi) is 5.32. The zero-order valence-electron chi connectivity index (χ0n) is 9.14. The molecule has 0 amide bonds. The zero-order valence-corrected chi connectivity index (χ0v) is 14.8. The van der Waals surface area contributed by atoms with Gasteiger partial charge in [-0.1, -0.05) is 48.0 Å². The van der Waals surface area contributed by atoms with Crippen molar-refractivity contribution in [2.24, 2.45) is 0 Å². The summed E-state index contributed by atoms with van der Waals surface area (Å²) in [5, 5.41) is 2.52. The normalized spacial score (nSPS) is 9.81. The Balaban J connectivity index is 0.000000640. The molecule has 0 fully saturated rings. The summed E-state index contributed by atoms with van der Waals surface area (Å²) in [6.45, 7) is 2.11. The molecule has 3 rings (SSSR count). The van der Waals surface area contributed by atoms with Gasteiger partial charge in [0.05, 0.1) is 0 Å². The largest absolute Gasteiger partial charge is 0.657 e. The van der Waals surface area contributed by atoms with Crippen molar-refractivity contribution in [2.75, 3.05) is 0 Å². The summed E-state index contributed by atoms with van der Waals surface area (Å²) in [5.74, 6) is 0. The third-order valence-electron chi connectivity index (χ3n) is 2.59. The molecular formula is C13H10NY2-. The van der Waals surface area contributed by atoms with E-state index in [1.54, 1.807) is 0 Å². The van der Waals surface area contributed by atoms with Crippen molar-refractivity contribution in [3.05, 3.63) is 48.0 Å². The molecule has 0 atom stereocenters. The number of aryl methyl sites for hydroxylation is 1. The van der Waals surface area contributed by atoms with Crippen LogP contribution < -0.4 is 4.98 Å². The van der Waals surface area contributed by atoms with Crippen molar-refractivity contribution in [1.29, 1.82) is 0 Å². The van der Waals surface area contributed by atoms with Gasteiger partial charge in [-0.15, -0.1) is 11.0 Å². The molecule has 1 aromatic heterocycles. The second-order valence-electron chi connectivity index (χ2n) is 3.65. The predicted octanol–water partition coefficient (Wildman–Crippen LogP) is 3.25. The fourth-order valence-corrected chi connectivity index (χ4v) is 1.89. The molecule has 0 unspecified atom stereocenters. The van der Waals surface area contributed by atoms with Crippen LogP contribution in [-0.4, -0.2) is 0 Å².